The third kappa shape index (κ3) is 3.44. The van der Waals surface area contributed by atoms with E-state index in [2.05, 4.69) is 5.32 Å². The van der Waals surface area contributed by atoms with E-state index in [9.17, 15) is 8.78 Å². The Hall–Kier alpha value is -1.26. The molecule has 0 aliphatic carbocycles. The molecule has 0 spiro atoms. The zero-order chi connectivity index (χ0) is 14.5. The molecule has 20 heavy (non-hydrogen) atoms. The zero-order valence-corrected chi connectivity index (χ0v) is 12.6. The summed E-state index contributed by atoms with van der Waals surface area (Å²) in [6.45, 7) is 4.44. The molecule has 0 saturated carbocycles. The Morgan fingerprint density at radius 3 is 2.70 bits per heavy atom. The number of aryl methyl sites for hydroxylation is 1. The van der Waals surface area contributed by atoms with Crippen molar-refractivity contribution in [1.29, 1.82) is 0 Å². The van der Waals surface area contributed by atoms with Crippen LogP contribution in [0.3, 0.4) is 0 Å². The van der Waals surface area contributed by atoms with Crippen molar-refractivity contribution in [2.75, 3.05) is 6.54 Å². The standard InChI is InChI=1S/C16H19F2NS/c1-3-7-19-14(9-12-6-8-20-10-12)15-13(17)5-4-11(2)16(15)18/h4-6,8,10,14,19H,3,7,9H2,1-2H3. The molecule has 1 unspecified atom stereocenters. The SMILES string of the molecule is CCCNC(Cc1ccsc1)c1c(F)ccc(C)c1F. The largest absolute Gasteiger partial charge is 0.309 e. The molecule has 0 radical (unpaired) electrons. The van der Waals surface area contributed by atoms with Crippen molar-refractivity contribution in [3.8, 4) is 0 Å². The number of hydrogen-bond donors (Lipinski definition) is 1. The average molecular weight is 295 g/mol. The number of halogens is 2. The van der Waals surface area contributed by atoms with Crippen molar-refractivity contribution in [1.82, 2.24) is 5.32 Å². The van der Waals surface area contributed by atoms with Crippen LogP contribution >= 0.6 is 11.3 Å². The maximum atomic E-state index is 14.3. The fourth-order valence-corrected chi connectivity index (χ4v) is 2.92. The molecule has 0 saturated heterocycles. The van der Waals surface area contributed by atoms with Crippen LogP contribution in [0.5, 0.6) is 0 Å². The lowest BCUT2D eigenvalue weighted by atomic mass is 9.97. The Kier molecular flexibility index (Phi) is 5.26. The summed E-state index contributed by atoms with van der Waals surface area (Å²) in [7, 11) is 0. The van der Waals surface area contributed by atoms with Gasteiger partial charge in [-0.15, -0.1) is 0 Å². The Morgan fingerprint density at radius 2 is 2.05 bits per heavy atom. The van der Waals surface area contributed by atoms with Gasteiger partial charge in [-0.05, 0) is 60.3 Å². The van der Waals surface area contributed by atoms with Gasteiger partial charge in [-0.1, -0.05) is 13.0 Å². The van der Waals surface area contributed by atoms with Gasteiger partial charge in [-0.25, -0.2) is 8.78 Å². The molecule has 1 N–H and O–H groups in total. The predicted molar refractivity (Wildman–Crippen MR) is 80.2 cm³/mol. The molecule has 1 aromatic heterocycles. The van der Waals surface area contributed by atoms with E-state index in [1.165, 1.54) is 12.1 Å². The lowest BCUT2D eigenvalue weighted by Gasteiger charge is -2.20. The van der Waals surface area contributed by atoms with E-state index in [1.807, 2.05) is 23.8 Å². The minimum atomic E-state index is -0.475. The monoisotopic (exact) mass is 295 g/mol. The van der Waals surface area contributed by atoms with Gasteiger partial charge in [0, 0.05) is 11.6 Å². The van der Waals surface area contributed by atoms with Crippen molar-refractivity contribution >= 4 is 11.3 Å². The molecule has 0 amide bonds. The second-order valence-corrected chi connectivity index (χ2v) is 5.71. The molecule has 0 aliphatic heterocycles. The fraction of sp³-hybridized carbons (Fsp3) is 0.375. The van der Waals surface area contributed by atoms with E-state index in [-0.39, 0.29) is 11.6 Å². The maximum absolute atomic E-state index is 14.3. The molecule has 1 nitrogen and oxygen atoms in total. The van der Waals surface area contributed by atoms with Crippen LogP contribution in [0.1, 0.15) is 36.1 Å². The summed E-state index contributed by atoms with van der Waals surface area (Å²) in [5, 5.41) is 7.26. The molecular weight excluding hydrogens is 276 g/mol. The molecule has 0 fully saturated rings. The summed E-state index contributed by atoms with van der Waals surface area (Å²) >= 11 is 1.60. The maximum Gasteiger partial charge on any atom is 0.133 e. The summed E-state index contributed by atoms with van der Waals surface area (Å²) in [4.78, 5) is 0. The van der Waals surface area contributed by atoms with E-state index < -0.39 is 11.6 Å². The van der Waals surface area contributed by atoms with E-state index in [0.717, 1.165) is 18.5 Å². The van der Waals surface area contributed by atoms with Crippen LogP contribution in [0.25, 0.3) is 0 Å². The van der Waals surface area contributed by atoms with Crippen molar-refractivity contribution < 1.29 is 8.78 Å². The number of rotatable bonds is 6. The van der Waals surface area contributed by atoms with Crippen LogP contribution in [-0.4, -0.2) is 6.54 Å². The molecule has 2 rings (SSSR count). The molecular formula is C16H19F2NS. The first-order valence-corrected chi connectivity index (χ1v) is 7.76. The molecule has 4 heteroatoms. The van der Waals surface area contributed by atoms with Gasteiger partial charge in [0.1, 0.15) is 11.6 Å². The van der Waals surface area contributed by atoms with Gasteiger partial charge in [0.2, 0.25) is 0 Å². The van der Waals surface area contributed by atoms with Crippen LogP contribution in [-0.2, 0) is 6.42 Å². The predicted octanol–water partition coefficient (Wildman–Crippen LogP) is 4.62. The van der Waals surface area contributed by atoms with Crippen molar-refractivity contribution in [3.63, 3.8) is 0 Å². The molecule has 1 heterocycles. The van der Waals surface area contributed by atoms with Gasteiger partial charge in [-0.2, -0.15) is 11.3 Å². The number of benzene rings is 1. The third-order valence-electron chi connectivity index (χ3n) is 3.33. The lowest BCUT2D eigenvalue weighted by Crippen LogP contribution is -2.26. The molecule has 1 atom stereocenters. The summed E-state index contributed by atoms with van der Waals surface area (Å²) in [5.41, 5.74) is 1.74. The number of hydrogen-bond acceptors (Lipinski definition) is 2. The quantitative estimate of drug-likeness (QED) is 0.820. The van der Waals surface area contributed by atoms with Crippen LogP contribution in [0, 0.1) is 18.6 Å². The summed E-state index contributed by atoms with van der Waals surface area (Å²) in [6, 6.07) is 4.50. The molecule has 2 aromatic rings. The topological polar surface area (TPSA) is 12.0 Å². The van der Waals surface area contributed by atoms with Gasteiger partial charge in [-0.3, -0.25) is 0 Å². The second-order valence-electron chi connectivity index (χ2n) is 4.93. The van der Waals surface area contributed by atoms with E-state index in [0.29, 0.717) is 12.0 Å². The second kappa shape index (κ2) is 6.95. The first kappa shape index (κ1) is 15.1. The lowest BCUT2D eigenvalue weighted by molar-refractivity contribution is 0.462. The van der Waals surface area contributed by atoms with Crippen molar-refractivity contribution in [3.05, 3.63) is 57.3 Å². The zero-order valence-electron chi connectivity index (χ0n) is 11.7. The van der Waals surface area contributed by atoms with Crippen molar-refractivity contribution in [2.45, 2.75) is 32.7 Å². The molecule has 0 bridgehead atoms. The normalized spacial score (nSPS) is 12.6. The van der Waals surface area contributed by atoms with Gasteiger partial charge >= 0.3 is 0 Å². The minimum Gasteiger partial charge on any atom is -0.309 e. The summed E-state index contributed by atoms with van der Waals surface area (Å²) in [6.07, 6.45) is 1.52. The third-order valence-corrected chi connectivity index (χ3v) is 4.06. The highest BCUT2D eigenvalue weighted by molar-refractivity contribution is 7.07. The van der Waals surface area contributed by atoms with Gasteiger partial charge in [0.25, 0.3) is 0 Å². The minimum absolute atomic E-state index is 0.157. The number of nitrogens with one attached hydrogen (secondary N) is 1. The smallest absolute Gasteiger partial charge is 0.133 e. The van der Waals surface area contributed by atoms with E-state index >= 15 is 0 Å². The fourth-order valence-electron chi connectivity index (χ4n) is 2.24. The average Bonchev–Trinajstić information content (AvgIpc) is 2.93. The van der Waals surface area contributed by atoms with Crippen LogP contribution in [0.4, 0.5) is 8.78 Å². The first-order valence-electron chi connectivity index (χ1n) is 6.82. The van der Waals surface area contributed by atoms with Gasteiger partial charge in [0.15, 0.2) is 0 Å². The Bertz CT molecular complexity index is 552. The highest BCUT2D eigenvalue weighted by Gasteiger charge is 2.21. The first-order chi connectivity index (χ1) is 9.63. The van der Waals surface area contributed by atoms with Crippen molar-refractivity contribution in [2.24, 2.45) is 0 Å². The highest BCUT2D eigenvalue weighted by atomic mass is 32.1. The summed E-state index contributed by atoms with van der Waals surface area (Å²) in [5.74, 6) is -0.911. The Balaban J connectivity index is 2.33. The highest BCUT2D eigenvalue weighted by Crippen LogP contribution is 2.26. The van der Waals surface area contributed by atoms with Crippen LogP contribution in [0.2, 0.25) is 0 Å². The molecule has 1 aromatic carbocycles. The van der Waals surface area contributed by atoms with Crippen LogP contribution in [0.15, 0.2) is 29.0 Å². The molecule has 0 aliphatic rings. The van der Waals surface area contributed by atoms with E-state index in [4.69, 9.17) is 0 Å². The Morgan fingerprint density at radius 1 is 1.25 bits per heavy atom. The van der Waals surface area contributed by atoms with Gasteiger partial charge in [0.05, 0.1) is 0 Å². The summed E-state index contributed by atoms with van der Waals surface area (Å²) < 4.78 is 28.4. The van der Waals surface area contributed by atoms with Gasteiger partial charge < -0.3 is 5.32 Å². The molecule has 108 valence electrons. The number of thiophene rings is 1. The van der Waals surface area contributed by atoms with Crippen LogP contribution < -0.4 is 5.32 Å². The van der Waals surface area contributed by atoms with E-state index in [1.54, 1.807) is 18.3 Å². The Labute approximate surface area is 122 Å².